The standard InChI is InChI=1S/C26H25ClF3N5OS/c1-34(10-11-35-8-2-3-9-35)25-32-24(36)23(37-25)20(16-5-7-22-18(12-16)15-31-33-22)13-17-4-6-19(27)14-21(17)26(28,29)30/h4-7,12,14-15,36H,2-3,8-11,13H2,1H3. The largest absolute Gasteiger partial charge is 0.492 e. The summed E-state index contributed by atoms with van der Waals surface area (Å²) in [6.07, 6.45) is -0.650. The van der Waals surface area contributed by atoms with E-state index in [9.17, 15) is 18.3 Å². The van der Waals surface area contributed by atoms with Gasteiger partial charge in [0.25, 0.3) is 0 Å². The fourth-order valence-electron chi connectivity index (χ4n) is 4.61. The van der Waals surface area contributed by atoms with Gasteiger partial charge in [0.1, 0.15) is 0 Å². The van der Waals surface area contributed by atoms with Crippen LogP contribution in [0.1, 0.15) is 34.4 Å². The van der Waals surface area contributed by atoms with Gasteiger partial charge in [-0.25, -0.2) is 0 Å². The van der Waals surface area contributed by atoms with Crippen molar-refractivity contribution in [3.63, 3.8) is 0 Å². The smallest absolute Gasteiger partial charge is 0.416 e. The number of benzene rings is 2. The highest BCUT2D eigenvalue weighted by Gasteiger charge is 2.34. The van der Waals surface area contributed by atoms with Gasteiger partial charge in [-0.3, -0.25) is 0 Å². The lowest BCUT2D eigenvalue weighted by Gasteiger charge is -2.20. The van der Waals surface area contributed by atoms with Crippen LogP contribution in [0.3, 0.4) is 0 Å². The molecule has 2 aliphatic heterocycles. The molecule has 0 radical (unpaired) electrons. The zero-order valence-electron chi connectivity index (χ0n) is 20.1. The van der Waals surface area contributed by atoms with E-state index in [-0.39, 0.29) is 22.9 Å². The van der Waals surface area contributed by atoms with Crippen LogP contribution in [0.4, 0.5) is 18.3 Å². The molecule has 6 nitrogen and oxygen atoms in total. The third-order valence-electron chi connectivity index (χ3n) is 6.63. The van der Waals surface area contributed by atoms with Crippen molar-refractivity contribution in [2.45, 2.75) is 25.4 Å². The quantitative estimate of drug-likeness (QED) is 0.474. The molecular weight excluding hydrogens is 523 g/mol. The number of thiazole rings is 1. The number of halogens is 4. The Morgan fingerprint density at radius 3 is 2.70 bits per heavy atom. The number of fused-ring (bicyclic) bond motifs is 1. The fraction of sp³-hybridized carbons (Fsp3) is 0.346. The molecule has 2 aliphatic rings. The molecule has 1 aromatic heterocycles. The number of rotatable bonds is 7. The van der Waals surface area contributed by atoms with Gasteiger partial charge < -0.3 is 14.9 Å². The molecule has 1 fully saturated rings. The van der Waals surface area contributed by atoms with E-state index in [0.717, 1.165) is 37.8 Å². The van der Waals surface area contributed by atoms with Crippen LogP contribution in [-0.4, -0.2) is 54.4 Å². The zero-order chi connectivity index (χ0) is 26.2. The van der Waals surface area contributed by atoms with Crippen molar-refractivity contribution < 1.29 is 18.3 Å². The number of likely N-dealkylation sites (N-methyl/N-ethyl adjacent to an activating group) is 1. The highest BCUT2D eigenvalue weighted by atomic mass is 35.5. The number of hydrogen-bond donors (Lipinski definition) is 1. The second-order valence-electron chi connectivity index (χ2n) is 9.19. The third-order valence-corrected chi connectivity index (χ3v) is 8.09. The Kier molecular flexibility index (Phi) is 7.24. The molecule has 0 atom stereocenters. The summed E-state index contributed by atoms with van der Waals surface area (Å²) < 4.78 is 41.7. The summed E-state index contributed by atoms with van der Waals surface area (Å²) in [5, 5.41) is 20.8. The lowest BCUT2D eigenvalue weighted by Crippen LogP contribution is -2.31. The Morgan fingerprint density at radius 2 is 1.95 bits per heavy atom. The van der Waals surface area contributed by atoms with Gasteiger partial charge in [-0.2, -0.15) is 28.4 Å². The van der Waals surface area contributed by atoms with Gasteiger partial charge in [0.05, 0.1) is 22.0 Å². The monoisotopic (exact) mass is 547 g/mol. The molecule has 1 N–H and O–H groups in total. The van der Waals surface area contributed by atoms with Crippen LogP contribution >= 0.6 is 22.9 Å². The van der Waals surface area contributed by atoms with Crippen LogP contribution in [0, 0.1) is 0 Å². The van der Waals surface area contributed by atoms with Crippen molar-refractivity contribution in [1.29, 1.82) is 0 Å². The first-order valence-electron chi connectivity index (χ1n) is 11.9. The number of aromatic hydroxyl groups is 1. The highest BCUT2D eigenvalue weighted by Crippen LogP contribution is 2.39. The summed E-state index contributed by atoms with van der Waals surface area (Å²) in [5.41, 5.74) is 0.545. The van der Waals surface area contributed by atoms with Crippen molar-refractivity contribution in [2.75, 3.05) is 38.1 Å². The molecule has 3 aromatic rings. The number of alkyl halides is 3. The Balaban J connectivity index is 1.56. The molecule has 37 heavy (non-hydrogen) atoms. The van der Waals surface area contributed by atoms with E-state index in [2.05, 4.69) is 20.1 Å². The Bertz CT molecular complexity index is 1460. The number of likely N-dealkylation sites (tertiary alicyclic amines) is 1. The van der Waals surface area contributed by atoms with Crippen LogP contribution in [0.2, 0.25) is 5.02 Å². The van der Waals surface area contributed by atoms with Gasteiger partial charge in [-0.05, 0) is 66.6 Å². The summed E-state index contributed by atoms with van der Waals surface area (Å²) in [7, 11) is 1.91. The predicted octanol–water partition coefficient (Wildman–Crippen LogP) is 4.46. The van der Waals surface area contributed by atoms with Gasteiger partial charge in [0.2, 0.25) is 5.88 Å². The Hall–Kier alpha value is -2.95. The molecular formula is C26H25ClF3N5OS. The van der Waals surface area contributed by atoms with Crippen LogP contribution in [0.15, 0.2) is 46.6 Å². The van der Waals surface area contributed by atoms with E-state index >= 15 is 0 Å². The molecule has 0 saturated carbocycles. The molecule has 0 unspecified atom stereocenters. The maximum Gasteiger partial charge on any atom is 0.416 e. The maximum absolute atomic E-state index is 13.9. The molecule has 0 amide bonds. The SMILES string of the molecule is CN(CCN1CCCC1)c1nc(O)c(C(Cc2ccc(Cl)cc2C(F)(F)F)=c2ccc3c(c2)C=NN=3)s1. The van der Waals surface area contributed by atoms with Crippen molar-refractivity contribution in [3.8, 4) is 5.88 Å². The minimum atomic E-state index is -4.58. The molecule has 0 spiro atoms. The van der Waals surface area contributed by atoms with Crippen LogP contribution in [-0.2, 0) is 12.6 Å². The second-order valence-corrected chi connectivity index (χ2v) is 10.6. The van der Waals surface area contributed by atoms with Crippen LogP contribution in [0.5, 0.6) is 5.88 Å². The molecule has 5 rings (SSSR count). The van der Waals surface area contributed by atoms with E-state index in [4.69, 9.17) is 11.6 Å². The number of nitrogens with zero attached hydrogens (tertiary/aromatic N) is 5. The first-order valence-corrected chi connectivity index (χ1v) is 13.1. The fourth-order valence-corrected chi connectivity index (χ4v) is 5.80. The average Bonchev–Trinajstić information content (AvgIpc) is 3.62. The van der Waals surface area contributed by atoms with Gasteiger partial charge in [0, 0.05) is 37.1 Å². The van der Waals surface area contributed by atoms with Crippen molar-refractivity contribution in [1.82, 2.24) is 9.88 Å². The summed E-state index contributed by atoms with van der Waals surface area (Å²) in [6.45, 7) is 3.78. The van der Waals surface area contributed by atoms with E-state index < -0.39 is 11.7 Å². The Morgan fingerprint density at radius 1 is 1.16 bits per heavy atom. The predicted molar refractivity (Wildman–Crippen MR) is 140 cm³/mol. The van der Waals surface area contributed by atoms with Crippen molar-refractivity contribution >= 4 is 39.9 Å². The molecule has 0 aliphatic carbocycles. The molecule has 0 bridgehead atoms. The van der Waals surface area contributed by atoms with Crippen molar-refractivity contribution in [2.24, 2.45) is 10.2 Å². The minimum Gasteiger partial charge on any atom is -0.492 e. The number of hydrogen-bond acceptors (Lipinski definition) is 7. The first kappa shape index (κ1) is 25.7. The van der Waals surface area contributed by atoms with E-state index in [1.807, 2.05) is 18.0 Å². The lowest BCUT2D eigenvalue weighted by molar-refractivity contribution is -0.138. The zero-order valence-corrected chi connectivity index (χ0v) is 21.7. The van der Waals surface area contributed by atoms with Gasteiger partial charge in [0.15, 0.2) is 5.13 Å². The average molecular weight is 548 g/mol. The molecule has 1 saturated heterocycles. The minimum absolute atomic E-state index is 0.00975. The lowest BCUT2D eigenvalue weighted by atomic mass is 9.96. The maximum atomic E-state index is 13.9. The van der Waals surface area contributed by atoms with Crippen LogP contribution in [0.25, 0.3) is 5.57 Å². The number of anilines is 1. The molecule has 2 aromatic carbocycles. The molecule has 194 valence electrons. The third kappa shape index (κ3) is 5.66. The number of aromatic nitrogens is 1. The van der Waals surface area contributed by atoms with Crippen LogP contribution < -0.4 is 15.5 Å². The van der Waals surface area contributed by atoms with Gasteiger partial charge >= 0.3 is 6.18 Å². The summed E-state index contributed by atoms with van der Waals surface area (Å²) in [6, 6.07) is 9.14. The van der Waals surface area contributed by atoms with Gasteiger partial charge in [-0.15, -0.1) is 0 Å². The summed E-state index contributed by atoms with van der Waals surface area (Å²) >= 11 is 7.18. The van der Waals surface area contributed by atoms with Crippen molar-refractivity contribution in [3.05, 3.63) is 73.6 Å². The topological polar surface area (TPSA) is 64.3 Å². The summed E-state index contributed by atoms with van der Waals surface area (Å²) in [5.74, 6) is -0.204. The first-order chi connectivity index (χ1) is 17.7. The summed E-state index contributed by atoms with van der Waals surface area (Å²) in [4.78, 5) is 9.16. The Labute approximate surface area is 221 Å². The van der Waals surface area contributed by atoms with E-state index in [1.165, 1.54) is 36.3 Å². The molecule has 11 heteroatoms. The van der Waals surface area contributed by atoms with E-state index in [0.29, 0.717) is 26.2 Å². The second kappa shape index (κ2) is 10.4. The van der Waals surface area contributed by atoms with Gasteiger partial charge in [-0.1, -0.05) is 35.1 Å². The van der Waals surface area contributed by atoms with E-state index in [1.54, 1.807) is 18.3 Å². The molecule has 3 heterocycles. The highest BCUT2D eigenvalue weighted by molar-refractivity contribution is 7.17. The normalized spacial score (nSPS) is 16.1.